The number of carbonyl (C=O) groups is 1. The monoisotopic (exact) mass is 521 g/mol. The number of aromatic hydroxyl groups is 1. The van der Waals surface area contributed by atoms with E-state index in [1.165, 1.54) is 6.07 Å². The smallest absolute Gasteiger partial charge is 0.273 e. The Morgan fingerprint density at radius 2 is 2.03 bits per heavy atom. The highest BCUT2D eigenvalue weighted by molar-refractivity contribution is 6.31. The highest BCUT2D eigenvalue weighted by Gasteiger charge is 2.43. The molecule has 2 aromatic carbocycles. The first-order chi connectivity index (χ1) is 17.9. The van der Waals surface area contributed by atoms with Crippen LogP contribution in [0, 0.1) is 5.92 Å². The Bertz CT molecular complexity index is 1410. The van der Waals surface area contributed by atoms with Gasteiger partial charge in [-0.2, -0.15) is 5.10 Å². The summed E-state index contributed by atoms with van der Waals surface area (Å²) in [5.41, 5.74) is 2.68. The quantitative estimate of drug-likeness (QED) is 0.271. The summed E-state index contributed by atoms with van der Waals surface area (Å²) in [6, 6.07) is 13.5. The maximum Gasteiger partial charge on any atom is 0.273 e. The molecule has 9 heteroatoms. The van der Waals surface area contributed by atoms with E-state index in [1.54, 1.807) is 36.5 Å². The number of carbonyl (C=O) groups excluding carboxylic acids is 1. The Balaban J connectivity index is 1.60. The van der Waals surface area contributed by atoms with E-state index in [0.717, 1.165) is 12.0 Å². The third kappa shape index (κ3) is 4.76. The summed E-state index contributed by atoms with van der Waals surface area (Å²) in [5, 5.41) is 18.4. The first kappa shape index (κ1) is 24.8. The van der Waals surface area contributed by atoms with Crippen LogP contribution in [0.25, 0.3) is 11.3 Å². The van der Waals surface area contributed by atoms with Gasteiger partial charge in [-0.05, 0) is 60.4 Å². The molecular formula is C28H28ClN3O5. The first-order valence-electron chi connectivity index (χ1n) is 12.1. The summed E-state index contributed by atoms with van der Waals surface area (Å²) in [5.74, 6) is 2.15. The topological polar surface area (TPSA) is 101 Å². The molecule has 8 nitrogen and oxygen atoms in total. The van der Waals surface area contributed by atoms with Crippen LogP contribution in [-0.4, -0.2) is 39.8 Å². The van der Waals surface area contributed by atoms with Gasteiger partial charge in [0.25, 0.3) is 5.91 Å². The Kier molecular flexibility index (Phi) is 6.84. The molecule has 5 rings (SSSR count). The average Bonchev–Trinajstić information content (AvgIpc) is 3.60. The van der Waals surface area contributed by atoms with Gasteiger partial charge >= 0.3 is 0 Å². The Morgan fingerprint density at radius 1 is 1.19 bits per heavy atom. The normalized spacial score (nSPS) is 14.9. The number of benzene rings is 2. The number of amides is 1. The zero-order valence-corrected chi connectivity index (χ0v) is 21.6. The fraction of sp³-hybridized carbons (Fsp3) is 0.286. The third-order valence-electron chi connectivity index (χ3n) is 6.44. The molecule has 0 bridgehead atoms. The van der Waals surface area contributed by atoms with Crippen molar-refractivity contribution >= 4 is 17.5 Å². The molecule has 0 saturated carbocycles. The van der Waals surface area contributed by atoms with Crippen LogP contribution in [0.1, 0.15) is 53.7 Å². The van der Waals surface area contributed by atoms with Crippen LogP contribution in [-0.2, 0) is 6.54 Å². The molecule has 1 aliphatic rings. The molecule has 1 unspecified atom stereocenters. The number of aromatic amines is 1. The molecule has 1 atom stereocenters. The number of aromatic nitrogens is 2. The van der Waals surface area contributed by atoms with Crippen molar-refractivity contribution in [1.29, 1.82) is 0 Å². The molecule has 4 aromatic rings. The fourth-order valence-corrected chi connectivity index (χ4v) is 4.73. The van der Waals surface area contributed by atoms with E-state index < -0.39 is 6.04 Å². The van der Waals surface area contributed by atoms with Gasteiger partial charge in [-0.15, -0.1) is 0 Å². The van der Waals surface area contributed by atoms with E-state index >= 15 is 0 Å². The standard InChI is InChI=1S/C28H28ClN3O5/c1-16(2)10-12-37-22-9-6-17(13-23(22)35-3)27-24-25(20-14-18(29)7-8-21(20)33)30-31-26(24)28(34)32(27)15-19-5-4-11-36-19/h4-9,11,13-14,16,27,33H,10,12,15H2,1-3H3,(H,30,31). The van der Waals surface area contributed by atoms with Gasteiger partial charge < -0.3 is 23.9 Å². The minimum atomic E-state index is -0.529. The SMILES string of the molecule is COc1cc(C2c3c(-c4cc(Cl)ccc4O)n[nH]c3C(=O)N2Cc2ccco2)ccc1OCCC(C)C. The van der Waals surface area contributed by atoms with E-state index in [2.05, 4.69) is 24.0 Å². The van der Waals surface area contributed by atoms with Crippen molar-refractivity contribution in [3.8, 4) is 28.5 Å². The summed E-state index contributed by atoms with van der Waals surface area (Å²) >= 11 is 6.24. The number of nitrogens with one attached hydrogen (secondary N) is 1. The summed E-state index contributed by atoms with van der Waals surface area (Å²) in [4.78, 5) is 15.3. The van der Waals surface area contributed by atoms with Crippen LogP contribution >= 0.6 is 11.6 Å². The number of hydrogen-bond acceptors (Lipinski definition) is 6. The number of nitrogens with zero attached hydrogens (tertiary/aromatic N) is 2. The number of rotatable bonds is 9. The molecule has 37 heavy (non-hydrogen) atoms. The lowest BCUT2D eigenvalue weighted by Gasteiger charge is -2.26. The highest BCUT2D eigenvalue weighted by atomic mass is 35.5. The molecule has 0 aliphatic carbocycles. The maximum atomic E-state index is 13.6. The fourth-order valence-electron chi connectivity index (χ4n) is 4.56. The molecule has 2 N–H and O–H groups in total. The molecule has 1 amide bonds. The zero-order chi connectivity index (χ0) is 26.1. The third-order valence-corrected chi connectivity index (χ3v) is 6.68. The summed E-state index contributed by atoms with van der Waals surface area (Å²) < 4.78 is 17.2. The molecule has 192 valence electrons. The van der Waals surface area contributed by atoms with Gasteiger partial charge in [0.15, 0.2) is 11.5 Å². The molecule has 2 aromatic heterocycles. The van der Waals surface area contributed by atoms with Gasteiger partial charge in [-0.25, -0.2) is 0 Å². The summed E-state index contributed by atoms with van der Waals surface area (Å²) in [6.07, 6.45) is 2.50. The number of furan rings is 1. The van der Waals surface area contributed by atoms with Crippen molar-refractivity contribution in [2.24, 2.45) is 5.92 Å². The van der Waals surface area contributed by atoms with Crippen LogP contribution < -0.4 is 9.47 Å². The number of fused-ring (bicyclic) bond motifs is 1. The van der Waals surface area contributed by atoms with Crippen molar-refractivity contribution in [3.05, 3.63) is 82.4 Å². The lowest BCUT2D eigenvalue weighted by atomic mass is 9.95. The summed E-state index contributed by atoms with van der Waals surface area (Å²) in [6.45, 7) is 5.11. The minimum Gasteiger partial charge on any atom is -0.507 e. The lowest BCUT2D eigenvalue weighted by Crippen LogP contribution is -2.29. The number of methoxy groups -OCH3 is 1. The molecule has 0 fully saturated rings. The van der Waals surface area contributed by atoms with Gasteiger partial charge in [0.05, 0.1) is 32.6 Å². The van der Waals surface area contributed by atoms with E-state index in [9.17, 15) is 9.90 Å². The van der Waals surface area contributed by atoms with Crippen LogP contribution in [0.5, 0.6) is 17.2 Å². The highest BCUT2D eigenvalue weighted by Crippen LogP contribution is 2.46. The number of hydrogen-bond donors (Lipinski definition) is 2. The molecular weight excluding hydrogens is 494 g/mol. The van der Waals surface area contributed by atoms with Gasteiger partial charge in [-0.1, -0.05) is 31.5 Å². The predicted octanol–water partition coefficient (Wildman–Crippen LogP) is 6.21. The Morgan fingerprint density at radius 3 is 2.76 bits per heavy atom. The first-order valence-corrected chi connectivity index (χ1v) is 12.5. The molecule has 0 radical (unpaired) electrons. The van der Waals surface area contributed by atoms with Crippen molar-refractivity contribution in [2.45, 2.75) is 32.9 Å². The second kappa shape index (κ2) is 10.2. The van der Waals surface area contributed by atoms with Crippen LogP contribution in [0.15, 0.2) is 59.2 Å². The van der Waals surface area contributed by atoms with Gasteiger partial charge in [0.2, 0.25) is 0 Å². The van der Waals surface area contributed by atoms with Gasteiger partial charge in [0.1, 0.15) is 22.9 Å². The van der Waals surface area contributed by atoms with Crippen molar-refractivity contribution in [3.63, 3.8) is 0 Å². The molecule has 0 spiro atoms. The Labute approximate surface area is 219 Å². The number of halogens is 1. The molecule has 1 aliphatic heterocycles. The van der Waals surface area contributed by atoms with Gasteiger partial charge in [0, 0.05) is 16.1 Å². The Hall–Kier alpha value is -3.91. The van der Waals surface area contributed by atoms with Crippen LogP contribution in [0.2, 0.25) is 5.02 Å². The van der Waals surface area contributed by atoms with E-state index in [1.807, 2.05) is 24.3 Å². The number of ether oxygens (including phenoxy) is 2. The predicted molar refractivity (Wildman–Crippen MR) is 139 cm³/mol. The van der Waals surface area contributed by atoms with E-state index in [0.29, 0.717) is 57.3 Å². The molecule has 3 heterocycles. The number of phenols is 1. The number of H-pyrrole nitrogens is 1. The number of phenolic OH excluding ortho intramolecular Hbond substituents is 1. The van der Waals surface area contributed by atoms with Crippen LogP contribution in [0.3, 0.4) is 0 Å². The maximum absolute atomic E-state index is 13.6. The second-order valence-corrected chi connectivity index (χ2v) is 9.82. The van der Waals surface area contributed by atoms with E-state index in [4.69, 9.17) is 25.5 Å². The zero-order valence-electron chi connectivity index (χ0n) is 20.8. The summed E-state index contributed by atoms with van der Waals surface area (Å²) in [7, 11) is 1.59. The van der Waals surface area contributed by atoms with Gasteiger partial charge in [-0.3, -0.25) is 9.89 Å². The van der Waals surface area contributed by atoms with Crippen molar-refractivity contribution in [1.82, 2.24) is 15.1 Å². The largest absolute Gasteiger partial charge is 0.507 e. The molecule has 0 saturated heterocycles. The lowest BCUT2D eigenvalue weighted by molar-refractivity contribution is 0.0716. The van der Waals surface area contributed by atoms with Crippen LogP contribution in [0.4, 0.5) is 0 Å². The average molecular weight is 522 g/mol. The minimum absolute atomic E-state index is 0.0147. The second-order valence-electron chi connectivity index (χ2n) is 9.38. The van der Waals surface area contributed by atoms with Crippen molar-refractivity contribution in [2.75, 3.05) is 13.7 Å². The van der Waals surface area contributed by atoms with Crippen molar-refractivity contribution < 1.29 is 23.8 Å². The van der Waals surface area contributed by atoms with E-state index in [-0.39, 0.29) is 18.2 Å².